The van der Waals surface area contributed by atoms with Gasteiger partial charge in [0, 0.05) is 34.0 Å². The Kier molecular flexibility index (Phi) is 4.42. The predicted molar refractivity (Wildman–Crippen MR) is 99.0 cm³/mol. The summed E-state index contributed by atoms with van der Waals surface area (Å²) in [5.41, 5.74) is 1.02. The third-order valence-corrected chi connectivity index (χ3v) is 5.93. The monoisotopic (exact) mass is 370 g/mol. The molecule has 1 aromatic carbocycles. The first-order chi connectivity index (χ1) is 12.2. The first-order valence-electron chi connectivity index (χ1n) is 7.73. The average molecular weight is 370 g/mol. The van der Waals surface area contributed by atoms with Crippen molar-refractivity contribution in [1.82, 2.24) is 10.3 Å². The van der Waals surface area contributed by atoms with Gasteiger partial charge in [0.15, 0.2) is 0 Å². The molecule has 0 radical (unpaired) electrons. The highest BCUT2D eigenvalue weighted by Gasteiger charge is 2.31. The van der Waals surface area contributed by atoms with Crippen molar-refractivity contribution in [3.8, 4) is 5.75 Å². The van der Waals surface area contributed by atoms with E-state index in [1.807, 2.05) is 30.3 Å². The molecule has 1 N–H and O–H groups in total. The maximum Gasteiger partial charge on any atom is 0.286 e. The summed E-state index contributed by atoms with van der Waals surface area (Å²) in [6.45, 7) is 0.471. The molecule has 2 amide bonds. The number of thioether (sulfide) groups is 1. The van der Waals surface area contributed by atoms with E-state index in [0.29, 0.717) is 13.0 Å². The molecule has 3 heterocycles. The number of benzene rings is 1. The number of imide groups is 1. The van der Waals surface area contributed by atoms with Crippen LogP contribution in [0.4, 0.5) is 4.79 Å². The number of pyridine rings is 1. The summed E-state index contributed by atoms with van der Waals surface area (Å²) in [7, 11) is 0. The van der Waals surface area contributed by atoms with Crippen LogP contribution in [0.25, 0.3) is 10.1 Å². The number of hydrogen-bond acceptors (Lipinski definition) is 6. The maximum atomic E-state index is 11.7. The molecule has 25 heavy (non-hydrogen) atoms. The van der Waals surface area contributed by atoms with Gasteiger partial charge in [0.05, 0.1) is 5.25 Å². The molecule has 0 aliphatic carbocycles. The maximum absolute atomic E-state index is 11.7. The van der Waals surface area contributed by atoms with Crippen molar-refractivity contribution in [2.45, 2.75) is 18.3 Å². The molecule has 1 saturated heterocycles. The Morgan fingerprint density at radius 2 is 2.12 bits per heavy atom. The number of amides is 2. The summed E-state index contributed by atoms with van der Waals surface area (Å²) >= 11 is 2.69. The Morgan fingerprint density at radius 3 is 2.88 bits per heavy atom. The van der Waals surface area contributed by atoms with Gasteiger partial charge < -0.3 is 4.74 Å². The second-order valence-electron chi connectivity index (χ2n) is 5.65. The molecule has 0 saturated carbocycles. The number of ether oxygens (including phenoxy) is 1. The van der Waals surface area contributed by atoms with Crippen molar-refractivity contribution < 1.29 is 14.3 Å². The molecule has 1 aliphatic rings. The molecule has 3 aromatic rings. The molecule has 4 rings (SSSR count). The van der Waals surface area contributed by atoms with Gasteiger partial charge in [0.25, 0.3) is 5.24 Å². The smallest absolute Gasteiger partial charge is 0.286 e. The largest absolute Gasteiger partial charge is 0.489 e. The van der Waals surface area contributed by atoms with Gasteiger partial charge in [-0.1, -0.05) is 17.8 Å². The highest BCUT2D eigenvalue weighted by atomic mass is 32.2. The molecule has 126 valence electrons. The van der Waals surface area contributed by atoms with Crippen molar-refractivity contribution in [3.05, 3.63) is 59.2 Å². The zero-order valence-corrected chi connectivity index (χ0v) is 14.7. The summed E-state index contributed by atoms with van der Waals surface area (Å²) in [6, 6.07) is 11.9. The van der Waals surface area contributed by atoms with Crippen LogP contribution in [0.3, 0.4) is 0 Å². The van der Waals surface area contributed by atoms with Gasteiger partial charge >= 0.3 is 0 Å². The van der Waals surface area contributed by atoms with Gasteiger partial charge in [-0.25, -0.2) is 0 Å². The fourth-order valence-corrected chi connectivity index (χ4v) is 4.71. The molecule has 1 unspecified atom stereocenters. The molecule has 1 atom stereocenters. The Balaban J connectivity index is 1.47. The second-order valence-corrected chi connectivity index (χ2v) is 7.99. The molecule has 0 spiro atoms. The van der Waals surface area contributed by atoms with Crippen molar-refractivity contribution in [2.75, 3.05) is 0 Å². The number of thiophene rings is 1. The molecule has 0 bridgehead atoms. The SMILES string of the molecule is O=C1NC(=O)C(Cc2cc3ccc(OCc4cccnc4)cc3s2)S1. The van der Waals surface area contributed by atoms with Crippen molar-refractivity contribution in [3.63, 3.8) is 0 Å². The summed E-state index contributed by atoms with van der Waals surface area (Å²) in [5, 5.41) is 2.85. The minimum Gasteiger partial charge on any atom is -0.489 e. The van der Waals surface area contributed by atoms with Crippen LogP contribution in [-0.4, -0.2) is 21.4 Å². The van der Waals surface area contributed by atoms with Crippen molar-refractivity contribution >= 4 is 44.3 Å². The standard InChI is InChI=1S/C18H14N2O3S2/c21-17-16(25-18(22)20-17)8-14-6-12-3-4-13(7-15(12)24-14)23-10-11-2-1-5-19-9-11/h1-7,9,16H,8,10H2,(H,20,21,22). The van der Waals surface area contributed by atoms with E-state index in [2.05, 4.69) is 16.4 Å². The van der Waals surface area contributed by atoms with E-state index in [0.717, 1.165) is 38.0 Å². The van der Waals surface area contributed by atoms with E-state index in [9.17, 15) is 9.59 Å². The Labute approximate surface area is 152 Å². The van der Waals surface area contributed by atoms with Gasteiger partial charge in [0.1, 0.15) is 12.4 Å². The van der Waals surface area contributed by atoms with E-state index in [1.165, 1.54) is 0 Å². The normalized spacial score (nSPS) is 17.0. The number of carbonyl (C=O) groups excluding carboxylic acids is 2. The van der Waals surface area contributed by atoms with E-state index < -0.39 is 0 Å². The van der Waals surface area contributed by atoms with Crippen LogP contribution in [0.5, 0.6) is 5.75 Å². The van der Waals surface area contributed by atoms with E-state index in [4.69, 9.17) is 4.74 Å². The lowest BCUT2D eigenvalue weighted by Gasteiger charge is -2.05. The van der Waals surface area contributed by atoms with Crippen LogP contribution in [0.2, 0.25) is 0 Å². The van der Waals surface area contributed by atoms with Crippen molar-refractivity contribution in [1.29, 1.82) is 0 Å². The number of aromatic nitrogens is 1. The Bertz CT molecular complexity index is 940. The number of rotatable bonds is 5. The number of carbonyl (C=O) groups is 2. The highest BCUT2D eigenvalue weighted by molar-refractivity contribution is 8.15. The third-order valence-electron chi connectivity index (χ3n) is 3.82. The first-order valence-corrected chi connectivity index (χ1v) is 9.43. The average Bonchev–Trinajstić information content (AvgIpc) is 3.15. The second kappa shape index (κ2) is 6.85. The fourth-order valence-electron chi connectivity index (χ4n) is 2.62. The van der Waals surface area contributed by atoms with Gasteiger partial charge in [-0.2, -0.15) is 0 Å². The molecular weight excluding hydrogens is 356 g/mol. The minimum absolute atomic E-state index is 0.201. The number of nitrogens with one attached hydrogen (secondary N) is 1. The summed E-state index contributed by atoms with van der Waals surface area (Å²) in [4.78, 5) is 28.1. The van der Waals surface area contributed by atoms with Crippen LogP contribution in [0, 0.1) is 0 Å². The zero-order valence-electron chi connectivity index (χ0n) is 13.1. The van der Waals surface area contributed by atoms with Crippen molar-refractivity contribution in [2.24, 2.45) is 0 Å². The van der Waals surface area contributed by atoms with Crippen LogP contribution in [-0.2, 0) is 17.8 Å². The Hall–Kier alpha value is -2.38. The van der Waals surface area contributed by atoms with Crippen LogP contribution in [0.1, 0.15) is 10.4 Å². The molecule has 1 fully saturated rings. The topological polar surface area (TPSA) is 68.3 Å². The number of nitrogens with zero attached hydrogens (tertiary/aromatic N) is 1. The summed E-state index contributed by atoms with van der Waals surface area (Å²) in [6.07, 6.45) is 4.08. The molecule has 5 nitrogen and oxygen atoms in total. The lowest BCUT2D eigenvalue weighted by Crippen LogP contribution is -2.25. The van der Waals surface area contributed by atoms with Crippen LogP contribution in [0.15, 0.2) is 48.8 Å². The Morgan fingerprint density at radius 1 is 1.20 bits per heavy atom. The molecule has 2 aromatic heterocycles. The highest BCUT2D eigenvalue weighted by Crippen LogP contribution is 2.32. The molecule has 1 aliphatic heterocycles. The number of hydrogen-bond donors (Lipinski definition) is 1. The summed E-state index contributed by atoms with van der Waals surface area (Å²) < 4.78 is 6.93. The first kappa shape index (κ1) is 16.1. The van der Waals surface area contributed by atoms with E-state index in [-0.39, 0.29) is 16.4 Å². The van der Waals surface area contributed by atoms with E-state index in [1.54, 1.807) is 23.7 Å². The fraction of sp³-hybridized carbons (Fsp3) is 0.167. The lowest BCUT2D eigenvalue weighted by atomic mass is 10.2. The lowest BCUT2D eigenvalue weighted by molar-refractivity contribution is -0.118. The number of fused-ring (bicyclic) bond motifs is 1. The van der Waals surface area contributed by atoms with E-state index >= 15 is 0 Å². The van der Waals surface area contributed by atoms with Gasteiger partial charge in [0.2, 0.25) is 5.91 Å². The molecule has 7 heteroatoms. The summed E-state index contributed by atoms with van der Waals surface area (Å²) in [5.74, 6) is 0.598. The quantitative estimate of drug-likeness (QED) is 0.740. The van der Waals surface area contributed by atoms with Crippen LogP contribution >= 0.6 is 23.1 Å². The van der Waals surface area contributed by atoms with Gasteiger partial charge in [-0.05, 0) is 35.7 Å². The molecular formula is C18H14N2O3S2. The minimum atomic E-state index is -0.332. The van der Waals surface area contributed by atoms with Gasteiger partial charge in [-0.3, -0.25) is 19.9 Å². The van der Waals surface area contributed by atoms with Gasteiger partial charge in [-0.15, -0.1) is 11.3 Å². The zero-order chi connectivity index (χ0) is 17.2. The third kappa shape index (κ3) is 3.67. The van der Waals surface area contributed by atoms with Crippen LogP contribution < -0.4 is 10.1 Å². The predicted octanol–water partition coefficient (Wildman–Crippen LogP) is 3.77.